The summed E-state index contributed by atoms with van der Waals surface area (Å²) in [7, 11) is 1.78. The van der Waals surface area contributed by atoms with Gasteiger partial charge in [0.25, 0.3) is 0 Å². The zero-order chi connectivity index (χ0) is 25.2. The van der Waals surface area contributed by atoms with E-state index in [1.165, 1.54) is 55.3 Å². The fourth-order valence-corrected chi connectivity index (χ4v) is 6.07. The van der Waals surface area contributed by atoms with Crippen molar-refractivity contribution in [3.05, 3.63) is 59.4 Å². The van der Waals surface area contributed by atoms with Crippen molar-refractivity contribution in [2.24, 2.45) is 0 Å². The number of rotatable bonds is 9. The van der Waals surface area contributed by atoms with E-state index in [0.29, 0.717) is 5.92 Å². The fraction of sp³-hybridized carbons (Fsp3) is 0.548. The normalized spacial score (nSPS) is 20.0. The second kappa shape index (κ2) is 10.6. The van der Waals surface area contributed by atoms with Crippen LogP contribution in [0.15, 0.2) is 42.5 Å². The second-order valence-corrected chi connectivity index (χ2v) is 11.5. The summed E-state index contributed by atoms with van der Waals surface area (Å²) in [4.78, 5) is 15.4. The Morgan fingerprint density at radius 3 is 2.54 bits per heavy atom. The first-order valence-electron chi connectivity index (χ1n) is 14.2. The first-order chi connectivity index (χ1) is 18.1. The third-order valence-corrected chi connectivity index (χ3v) is 8.79. The van der Waals surface area contributed by atoms with Crippen molar-refractivity contribution in [2.45, 2.75) is 63.3 Å². The molecule has 0 bridgehead atoms. The van der Waals surface area contributed by atoms with Crippen LogP contribution in [0.3, 0.4) is 0 Å². The van der Waals surface area contributed by atoms with Gasteiger partial charge in [0.15, 0.2) is 0 Å². The average Bonchev–Trinajstić information content (AvgIpc) is 3.48. The van der Waals surface area contributed by atoms with Crippen LogP contribution < -0.4 is 15.0 Å². The van der Waals surface area contributed by atoms with Crippen molar-refractivity contribution in [3.63, 3.8) is 0 Å². The maximum Gasteiger partial charge on any atom is 0.140 e. The summed E-state index contributed by atoms with van der Waals surface area (Å²) in [5, 5.41) is 4.86. The highest BCUT2D eigenvalue weighted by Gasteiger charge is 2.42. The molecule has 6 rings (SSSR count). The van der Waals surface area contributed by atoms with Crippen LogP contribution in [0.25, 0.3) is 10.9 Å². The molecule has 3 aliphatic rings. The largest absolute Gasteiger partial charge is 0.496 e. The van der Waals surface area contributed by atoms with Crippen LogP contribution in [0.4, 0.5) is 5.82 Å². The number of aromatic nitrogens is 2. The molecule has 196 valence electrons. The van der Waals surface area contributed by atoms with Gasteiger partial charge in [-0.1, -0.05) is 31.2 Å². The molecule has 3 fully saturated rings. The summed E-state index contributed by atoms with van der Waals surface area (Å²) in [5.41, 5.74) is 3.88. The van der Waals surface area contributed by atoms with Gasteiger partial charge in [0.2, 0.25) is 0 Å². The molecule has 1 aromatic heterocycles. The average molecular weight is 500 g/mol. The van der Waals surface area contributed by atoms with Crippen LogP contribution in [0.5, 0.6) is 5.75 Å². The molecule has 1 aliphatic carbocycles. The molecule has 0 radical (unpaired) electrons. The first-order valence-corrected chi connectivity index (χ1v) is 14.2. The molecule has 0 spiro atoms. The number of ether oxygens (including phenoxy) is 1. The zero-order valence-electron chi connectivity index (χ0n) is 22.5. The predicted octanol–water partition coefficient (Wildman–Crippen LogP) is 5.26. The van der Waals surface area contributed by atoms with Gasteiger partial charge in [0, 0.05) is 43.5 Å². The van der Waals surface area contributed by atoms with Crippen LogP contribution in [-0.4, -0.2) is 61.2 Å². The second-order valence-electron chi connectivity index (χ2n) is 11.5. The Bertz CT molecular complexity index is 1230. The summed E-state index contributed by atoms with van der Waals surface area (Å²) in [6.07, 6.45) is 7.29. The van der Waals surface area contributed by atoms with Crippen LogP contribution >= 0.6 is 0 Å². The van der Waals surface area contributed by atoms with E-state index in [0.717, 1.165) is 68.5 Å². The Kier molecular flexibility index (Phi) is 7.04. The van der Waals surface area contributed by atoms with Crippen molar-refractivity contribution in [1.29, 1.82) is 0 Å². The Morgan fingerprint density at radius 1 is 1.00 bits per heavy atom. The minimum absolute atomic E-state index is 0.147. The van der Waals surface area contributed by atoms with Crippen LogP contribution in [-0.2, 0) is 12.0 Å². The highest BCUT2D eigenvalue weighted by molar-refractivity contribution is 5.90. The molecule has 1 saturated carbocycles. The smallest absolute Gasteiger partial charge is 0.140 e. The van der Waals surface area contributed by atoms with E-state index >= 15 is 0 Å². The molecule has 0 amide bonds. The van der Waals surface area contributed by atoms with E-state index in [4.69, 9.17) is 14.7 Å². The standard InChI is InChI=1S/C31H41N5O/c1-31(13-14-31)30-33-27-10-9-23(22-32-15-20-35-16-5-6-17-35)21-26(27)29(34-30)36-18-11-24(12-19-36)25-7-3-4-8-28(25)37-2/h3-4,7-10,21,24,32H,5-6,11-20,22H2,1-2H3. The number of anilines is 1. The third-order valence-electron chi connectivity index (χ3n) is 8.79. The first kappa shape index (κ1) is 24.6. The number of hydrogen-bond acceptors (Lipinski definition) is 6. The number of hydrogen-bond donors (Lipinski definition) is 1. The number of benzene rings is 2. The molecule has 2 saturated heterocycles. The molecule has 1 N–H and O–H groups in total. The summed E-state index contributed by atoms with van der Waals surface area (Å²) in [5.74, 6) is 3.69. The van der Waals surface area contributed by atoms with Gasteiger partial charge in [-0.25, -0.2) is 9.97 Å². The summed E-state index contributed by atoms with van der Waals surface area (Å²) < 4.78 is 5.67. The van der Waals surface area contributed by atoms with E-state index < -0.39 is 0 Å². The number of likely N-dealkylation sites (tertiary alicyclic amines) is 1. The number of para-hydroxylation sites is 1. The highest BCUT2D eigenvalue weighted by atomic mass is 16.5. The maximum absolute atomic E-state index is 5.67. The van der Waals surface area contributed by atoms with Gasteiger partial charge in [0.05, 0.1) is 12.6 Å². The third kappa shape index (κ3) is 5.32. The number of nitrogens with one attached hydrogen (secondary N) is 1. The minimum Gasteiger partial charge on any atom is -0.496 e. The zero-order valence-corrected chi connectivity index (χ0v) is 22.5. The van der Waals surface area contributed by atoms with Crippen molar-refractivity contribution in [3.8, 4) is 5.75 Å². The van der Waals surface area contributed by atoms with Gasteiger partial charge < -0.3 is 19.9 Å². The maximum atomic E-state index is 5.67. The lowest BCUT2D eigenvalue weighted by Gasteiger charge is -2.34. The van der Waals surface area contributed by atoms with Gasteiger partial charge in [-0.05, 0) is 86.9 Å². The van der Waals surface area contributed by atoms with E-state index in [2.05, 4.69) is 64.5 Å². The number of fused-ring (bicyclic) bond motifs is 1. The molecule has 0 unspecified atom stereocenters. The quantitative estimate of drug-likeness (QED) is 0.406. The lowest BCUT2D eigenvalue weighted by molar-refractivity contribution is 0.335. The summed E-state index contributed by atoms with van der Waals surface area (Å²) >= 11 is 0. The predicted molar refractivity (Wildman–Crippen MR) is 151 cm³/mol. The van der Waals surface area contributed by atoms with Gasteiger partial charge in [-0.15, -0.1) is 0 Å². The lowest BCUT2D eigenvalue weighted by atomic mass is 9.88. The van der Waals surface area contributed by atoms with E-state index in [1.54, 1.807) is 7.11 Å². The van der Waals surface area contributed by atoms with E-state index in [9.17, 15) is 0 Å². The molecule has 37 heavy (non-hydrogen) atoms. The topological polar surface area (TPSA) is 53.5 Å². The molecule has 6 nitrogen and oxygen atoms in total. The lowest BCUT2D eigenvalue weighted by Crippen LogP contribution is -2.34. The van der Waals surface area contributed by atoms with Crippen LogP contribution in [0.2, 0.25) is 0 Å². The Morgan fingerprint density at radius 2 is 1.78 bits per heavy atom. The molecule has 3 heterocycles. The van der Waals surface area contributed by atoms with Crippen molar-refractivity contribution >= 4 is 16.7 Å². The molecular formula is C31H41N5O. The Labute approximate surface area is 221 Å². The molecule has 3 aromatic rings. The number of methoxy groups -OCH3 is 1. The highest BCUT2D eigenvalue weighted by Crippen LogP contribution is 2.47. The Hall–Kier alpha value is -2.70. The van der Waals surface area contributed by atoms with Gasteiger partial charge in [-0.3, -0.25) is 0 Å². The minimum atomic E-state index is 0.147. The fourth-order valence-electron chi connectivity index (χ4n) is 6.07. The van der Waals surface area contributed by atoms with Crippen LogP contribution in [0.1, 0.15) is 68.3 Å². The SMILES string of the molecule is COc1ccccc1C1CCN(c2nc(C3(C)CC3)nc3ccc(CNCCN4CCCC4)cc23)CC1. The molecule has 2 aromatic carbocycles. The van der Waals surface area contributed by atoms with Gasteiger partial charge >= 0.3 is 0 Å². The number of piperidine rings is 1. The number of nitrogens with zero attached hydrogens (tertiary/aromatic N) is 4. The van der Waals surface area contributed by atoms with Gasteiger partial charge in [0.1, 0.15) is 17.4 Å². The van der Waals surface area contributed by atoms with E-state index in [1.807, 2.05) is 0 Å². The summed E-state index contributed by atoms with van der Waals surface area (Å²) in [6.45, 7) is 9.90. The molecular weight excluding hydrogens is 458 g/mol. The molecule has 6 heteroatoms. The molecule has 0 atom stereocenters. The van der Waals surface area contributed by atoms with Crippen molar-refractivity contribution < 1.29 is 4.74 Å². The van der Waals surface area contributed by atoms with Gasteiger partial charge in [-0.2, -0.15) is 0 Å². The Balaban J connectivity index is 1.21. The van der Waals surface area contributed by atoms with Crippen LogP contribution in [0, 0.1) is 0 Å². The van der Waals surface area contributed by atoms with E-state index in [-0.39, 0.29) is 5.41 Å². The van der Waals surface area contributed by atoms with Crippen molar-refractivity contribution in [2.75, 3.05) is 51.3 Å². The molecule has 2 aliphatic heterocycles. The van der Waals surface area contributed by atoms with Crippen molar-refractivity contribution in [1.82, 2.24) is 20.2 Å². The monoisotopic (exact) mass is 499 g/mol. The summed E-state index contributed by atoms with van der Waals surface area (Å²) in [6, 6.07) is 15.3.